The second-order valence-electron chi connectivity index (χ2n) is 5.14. The van der Waals surface area contributed by atoms with E-state index in [9.17, 15) is 9.18 Å². The number of halogens is 2. The predicted octanol–water partition coefficient (Wildman–Crippen LogP) is 2.33. The number of carbonyl (C=O) groups is 1. The lowest BCUT2D eigenvalue weighted by Crippen LogP contribution is -2.40. The molecule has 0 aromatic heterocycles. The van der Waals surface area contributed by atoms with Gasteiger partial charge in [0.25, 0.3) is 5.91 Å². The molecule has 1 amide bonds. The van der Waals surface area contributed by atoms with Crippen molar-refractivity contribution in [3.8, 4) is 5.75 Å². The molecule has 1 saturated heterocycles. The number of hydrogen-bond donors (Lipinski definition) is 1. The molecule has 0 radical (unpaired) electrons. The van der Waals surface area contributed by atoms with Crippen LogP contribution in [0.4, 0.5) is 4.39 Å². The second kappa shape index (κ2) is 8.20. The number of amides is 1. The number of carbonyl (C=O) groups excluding carboxylic acids is 1. The molecular formula is C15H22ClFN2O2. The van der Waals surface area contributed by atoms with Gasteiger partial charge in [0, 0.05) is 18.7 Å². The Bertz CT molecular complexity index is 477. The van der Waals surface area contributed by atoms with Gasteiger partial charge in [0.05, 0.1) is 7.11 Å². The Balaban J connectivity index is 0.00000220. The first-order valence-corrected chi connectivity index (χ1v) is 6.93. The smallest absolute Gasteiger partial charge is 0.253 e. The van der Waals surface area contributed by atoms with Crippen molar-refractivity contribution in [2.24, 2.45) is 5.92 Å². The average molecular weight is 317 g/mol. The van der Waals surface area contributed by atoms with Gasteiger partial charge in [-0.25, -0.2) is 4.39 Å². The molecule has 0 saturated carbocycles. The summed E-state index contributed by atoms with van der Waals surface area (Å²) in [6.07, 6.45) is 1.98. The first-order chi connectivity index (χ1) is 9.65. The maximum Gasteiger partial charge on any atom is 0.253 e. The minimum Gasteiger partial charge on any atom is -0.494 e. The van der Waals surface area contributed by atoms with Gasteiger partial charge in [-0.3, -0.25) is 4.79 Å². The fraction of sp³-hybridized carbons (Fsp3) is 0.533. The molecule has 1 aliphatic heterocycles. The van der Waals surface area contributed by atoms with E-state index < -0.39 is 5.82 Å². The predicted molar refractivity (Wildman–Crippen MR) is 82.8 cm³/mol. The molecule has 0 aliphatic carbocycles. The number of hydrogen-bond acceptors (Lipinski definition) is 3. The molecule has 1 fully saturated rings. The Morgan fingerprint density at radius 1 is 1.43 bits per heavy atom. The van der Waals surface area contributed by atoms with Crippen molar-refractivity contribution in [2.75, 3.05) is 33.8 Å². The standard InChI is InChI=1S/C15H21FN2O2.ClH/c1-17-10-11-5-7-18(8-6-11)15(19)12-3-4-14(20-2)13(16)9-12;/h3-4,9,11,17H,5-8,10H2,1-2H3;1H. The molecule has 0 unspecified atom stereocenters. The van der Waals surface area contributed by atoms with Gasteiger partial charge in [-0.15, -0.1) is 12.4 Å². The number of rotatable bonds is 4. The second-order valence-corrected chi connectivity index (χ2v) is 5.14. The topological polar surface area (TPSA) is 41.6 Å². The molecule has 4 nitrogen and oxygen atoms in total. The van der Waals surface area contributed by atoms with E-state index in [2.05, 4.69) is 5.32 Å². The molecule has 0 bridgehead atoms. The maximum absolute atomic E-state index is 13.6. The molecule has 0 atom stereocenters. The first-order valence-electron chi connectivity index (χ1n) is 6.93. The molecule has 118 valence electrons. The summed E-state index contributed by atoms with van der Waals surface area (Å²) < 4.78 is 18.5. The van der Waals surface area contributed by atoms with Crippen molar-refractivity contribution in [3.63, 3.8) is 0 Å². The van der Waals surface area contributed by atoms with Gasteiger partial charge >= 0.3 is 0 Å². The monoisotopic (exact) mass is 316 g/mol. The number of likely N-dealkylation sites (tertiary alicyclic amines) is 1. The van der Waals surface area contributed by atoms with Gasteiger partial charge in [0.1, 0.15) is 0 Å². The zero-order chi connectivity index (χ0) is 14.5. The van der Waals surface area contributed by atoms with E-state index in [1.165, 1.54) is 19.2 Å². The summed E-state index contributed by atoms with van der Waals surface area (Å²) in [5.41, 5.74) is 0.385. The van der Waals surface area contributed by atoms with Crippen LogP contribution < -0.4 is 10.1 Å². The minimum absolute atomic E-state index is 0. The lowest BCUT2D eigenvalue weighted by atomic mass is 9.96. The van der Waals surface area contributed by atoms with E-state index in [1.807, 2.05) is 7.05 Å². The summed E-state index contributed by atoms with van der Waals surface area (Å²) in [5.74, 6) is 0.184. The van der Waals surface area contributed by atoms with Gasteiger partial charge in [0.15, 0.2) is 11.6 Å². The van der Waals surface area contributed by atoms with Gasteiger partial charge in [-0.2, -0.15) is 0 Å². The highest BCUT2D eigenvalue weighted by Gasteiger charge is 2.23. The van der Waals surface area contributed by atoms with Crippen LogP contribution in [0, 0.1) is 11.7 Å². The van der Waals surface area contributed by atoms with Crippen LogP contribution in [0.15, 0.2) is 18.2 Å². The van der Waals surface area contributed by atoms with E-state index >= 15 is 0 Å². The number of benzene rings is 1. The van der Waals surface area contributed by atoms with Crippen LogP contribution in [0.5, 0.6) is 5.75 Å². The molecule has 2 rings (SSSR count). The van der Waals surface area contributed by atoms with Crippen LogP contribution in [-0.4, -0.2) is 44.6 Å². The zero-order valence-corrected chi connectivity index (χ0v) is 13.2. The largest absolute Gasteiger partial charge is 0.494 e. The molecule has 1 heterocycles. The van der Waals surface area contributed by atoms with Crippen LogP contribution in [0.25, 0.3) is 0 Å². The quantitative estimate of drug-likeness (QED) is 0.927. The third kappa shape index (κ3) is 4.32. The summed E-state index contributed by atoms with van der Waals surface area (Å²) in [5, 5.41) is 3.17. The fourth-order valence-electron chi connectivity index (χ4n) is 2.61. The number of ether oxygens (including phenoxy) is 1. The van der Waals surface area contributed by atoms with Crippen molar-refractivity contribution in [3.05, 3.63) is 29.6 Å². The SMILES string of the molecule is CNCC1CCN(C(=O)c2ccc(OC)c(F)c2)CC1.Cl. The van der Waals surface area contributed by atoms with Crippen LogP contribution in [0.2, 0.25) is 0 Å². The molecule has 21 heavy (non-hydrogen) atoms. The molecule has 1 aromatic rings. The molecule has 0 spiro atoms. The summed E-state index contributed by atoms with van der Waals surface area (Å²) in [4.78, 5) is 14.1. The van der Waals surface area contributed by atoms with E-state index in [1.54, 1.807) is 11.0 Å². The van der Waals surface area contributed by atoms with Crippen molar-refractivity contribution >= 4 is 18.3 Å². The van der Waals surface area contributed by atoms with E-state index in [0.29, 0.717) is 11.5 Å². The highest BCUT2D eigenvalue weighted by atomic mass is 35.5. The Morgan fingerprint density at radius 2 is 2.10 bits per heavy atom. The van der Waals surface area contributed by atoms with Gasteiger partial charge in [-0.05, 0) is 50.6 Å². The Morgan fingerprint density at radius 3 is 2.62 bits per heavy atom. The van der Waals surface area contributed by atoms with E-state index in [4.69, 9.17) is 4.74 Å². The number of nitrogens with zero attached hydrogens (tertiary/aromatic N) is 1. The van der Waals surface area contributed by atoms with Crippen LogP contribution in [-0.2, 0) is 0 Å². The highest BCUT2D eigenvalue weighted by Crippen LogP contribution is 2.21. The summed E-state index contributed by atoms with van der Waals surface area (Å²) in [6, 6.07) is 4.36. The number of nitrogens with one attached hydrogen (secondary N) is 1. The van der Waals surface area contributed by atoms with Crippen LogP contribution in [0.3, 0.4) is 0 Å². The highest BCUT2D eigenvalue weighted by molar-refractivity contribution is 5.94. The zero-order valence-electron chi connectivity index (χ0n) is 12.4. The summed E-state index contributed by atoms with van der Waals surface area (Å²) in [6.45, 7) is 2.46. The first kappa shape index (κ1) is 17.7. The van der Waals surface area contributed by atoms with Crippen molar-refractivity contribution in [1.29, 1.82) is 0 Å². The minimum atomic E-state index is -0.497. The molecule has 6 heteroatoms. The maximum atomic E-state index is 13.6. The molecule has 1 aliphatic rings. The summed E-state index contributed by atoms with van der Waals surface area (Å²) >= 11 is 0. The van der Waals surface area contributed by atoms with Crippen LogP contribution >= 0.6 is 12.4 Å². The third-order valence-electron chi connectivity index (χ3n) is 3.79. The van der Waals surface area contributed by atoms with Crippen molar-refractivity contribution in [2.45, 2.75) is 12.8 Å². The third-order valence-corrected chi connectivity index (χ3v) is 3.79. The Kier molecular flexibility index (Phi) is 6.92. The molecular weight excluding hydrogens is 295 g/mol. The van der Waals surface area contributed by atoms with Gasteiger partial charge in [0.2, 0.25) is 0 Å². The average Bonchev–Trinajstić information content (AvgIpc) is 2.47. The lowest BCUT2D eigenvalue weighted by molar-refractivity contribution is 0.0690. The van der Waals surface area contributed by atoms with Crippen molar-refractivity contribution < 1.29 is 13.9 Å². The van der Waals surface area contributed by atoms with E-state index in [-0.39, 0.29) is 24.1 Å². The van der Waals surface area contributed by atoms with E-state index in [0.717, 1.165) is 32.5 Å². The summed E-state index contributed by atoms with van der Waals surface area (Å²) in [7, 11) is 3.35. The molecule has 1 N–H and O–H groups in total. The number of piperidine rings is 1. The number of methoxy groups -OCH3 is 1. The lowest BCUT2D eigenvalue weighted by Gasteiger charge is -2.32. The van der Waals surface area contributed by atoms with Crippen LogP contribution in [0.1, 0.15) is 23.2 Å². The van der Waals surface area contributed by atoms with Gasteiger partial charge < -0.3 is 15.0 Å². The fourth-order valence-corrected chi connectivity index (χ4v) is 2.61. The van der Waals surface area contributed by atoms with Gasteiger partial charge in [-0.1, -0.05) is 0 Å². The van der Waals surface area contributed by atoms with Crippen molar-refractivity contribution in [1.82, 2.24) is 10.2 Å². The normalized spacial score (nSPS) is 15.5. The Hall–Kier alpha value is -1.33. The Labute approximate surface area is 131 Å². The molecule has 1 aromatic carbocycles.